The standard InChI is InChI=1S/C14H26N2O3/c1-10-8-11(10)13(19)15-6-4-12(18)16-9-14(2,3)5-7-17/h10-11,17H,4-9H2,1-3H3,(H,15,19)(H,16,18). The molecule has 3 N–H and O–H groups in total. The van der Waals surface area contributed by atoms with E-state index in [1.165, 1.54) is 0 Å². The lowest BCUT2D eigenvalue weighted by Gasteiger charge is -2.23. The van der Waals surface area contributed by atoms with Gasteiger partial charge in [0, 0.05) is 32.0 Å². The van der Waals surface area contributed by atoms with Gasteiger partial charge in [-0.2, -0.15) is 0 Å². The van der Waals surface area contributed by atoms with E-state index in [2.05, 4.69) is 17.6 Å². The van der Waals surface area contributed by atoms with Crippen LogP contribution in [0.25, 0.3) is 0 Å². The minimum atomic E-state index is -0.100. The van der Waals surface area contributed by atoms with E-state index < -0.39 is 0 Å². The molecule has 0 bridgehead atoms. The van der Waals surface area contributed by atoms with Gasteiger partial charge >= 0.3 is 0 Å². The van der Waals surface area contributed by atoms with Gasteiger partial charge in [0.25, 0.3) is 0 Å². The first-order valence-electron chi connectivity index (χ1n) is 7.01. The maximum atomic E-state index is 11.6. The van der Waals surface area contributed by atoms with Gasteiger partial charge in [0.2, 0.25) is 11.8 Å². The first-order valence-corrected chi connectivity index (χ1v) is 7.01. The predicted octanol–water partition coefficient (Wildman–Crippen LogP) is 0.673. The zero-order chi connectivity index (χ0) is 14.5. The molecule has 0 saturated heterocycles. The van der Waals surface area contributed by atoms with E-state index in [9.17, 15) is 9.59 Å². The zero-order valence-corrected chi connectivity index (χ0v) is 12.2. The van der Waals surface area contributed by atoms with Gasteiger partial charge in [-0.15, -0.1) is 0 Å². The highest BCUT2D eigenvalue weighted by molar-refractivity contribution is 5.82. The lowest BCUT2D eigenvalue weighted by atomic mass is 9.90. The Balaban J connectivity index is 2.09. The van der Waals surface area contributed by atoms with Gasteiger partial charge < -0.3 is 15.7 Å². The first kappa shape index (κ1) is 16.0. The number of nitrogens with one attached hydrogen (secondary N) is 2. The number of amides is 2. The molecule has 19 heavy (non-hydrogen) atoms. The molecule has 110 valence electrons. The van der Waals surface area contributed by atoms with E-state index in [0.717, 1.165) is 6.42 Å². The Kier molecular flexibility index (Phi) is 5.79. The topological polar surface area (TPSA) is 78.4 Å². The molecule has 1 rings (SSSR count). The molecule has 0 aliphatic heterocycles. The number of hydrogen-bond acceptors (Lipinski definition) is 3. The van der Waals surface area contributed by atoms with Gasteiger partial charge in [-0.25, -0.2) is 0 Å². The predicted molar refractivity (Wildman–Crippen MR) is 73.4 cm³/mol. The Morgan fingerprint density at radius 3 is 2.47 bits per heavy atom. The summed E-state index contributed by atoms with van der Waals surface area (Å²) in [6, 6.07) is 0. The number of hydrogen-bond donors (Lipinski definition) is 3. The van der Waals surface area contributed by atoms with Crippen LogP contribution >= 0.6 is 0 Å². The summed E-state index contributed by atoms with van der Waals surface area (Å²) in [4.78, 5) is 23.1. The second-order valence-corrected chi connectivity index (χ2v) is 6.28. The van der Waals surface area contributed by atoms with Crippen molar-refractivity contribution in [2.45, 2.75) is 40.0 Å². The van der Waals surface area contributed by atoms with Crippen molar-refractivity contribution in [3.8, 4) is 0 Å². The van der Waals surface area contributed by atoms with E-state index in [-0.39, 0.29) is 29.8 Å². The molecule has 1 saturated carbocycles. The monoisotopic (exact) mass is 270 g/mol. The van der Waals surface area contributed by atoms with Crippen LogP contribution in [0.2, 0.25) is 0 Å². The highest BCUT2D eigenvalue weighted by Gasteiger charge is 2.38. The molecule has 2 atom stereocenters. The lowest BCUT2D eigenvalue weighted by Crippen LogP contribution is -2.36. The van der Waals surface area contributed by atoms with Gasteiger partial charge in [-0.3, -0.25) is 9.59 Å². The van der Waals surface area contributed by atoms with Crippen LogP contribution in [0.1, 0.15) is 40.0 Å². The molecule has 1 aliphatic carbocycles. The zero-order valence-electron chi connectivity index (χ0n) is 12.2. The number of carbonyl (C=O) groups excluding carboxylic acids is 2. The van der Waals surface area contributed by atoms with Crippen LogP contribution < -0.4 is 10.6 Å². The van der Waals surface area contributed by atoms with Crippen LogP contribution in [0, 0.1) is 17.3 Å². The van der Waals surface area contributed by atoms with Crippen molar-refractivity contribution in [3.63, 3.8) is 0 Å². The average Bonchev–Trinajstić information content (AvgIpc) is 3.04. The van der Waals surface area contributed by atoms with Crippen molar-refractivity contribution in [2.75, 3.05) is 19.7 Å². The van der Waals surface area contributed by atoms with Crippen LogP contribution in [0.4, 0.5) is 0 Å². The molecule has 0 heterocycles. The quantitative estimate of drug-likeness (QED) is 0.606. The fourth-order valence-electron chi connectivity index (χ4n) is 1.94. The van der Waals surface area contributed by atoms with E-state index in [1.54, 1.807) is 0 Å². The largest absolute Gasteiger partial charge is 0.396 e. The minimum absolute atomic E-state index is 0.0600. The van der Waals surface area contributed by atoms with E-state index >= 15 is 0 Å². The Bertz CT molecular complexity index is 329. The van der Waals surface area contributed by atoms with Gasteiger partial charge in [0.15, 0.2) is 0 Å². The summed E-state index contributed by atoms with van der Waals surface area (Å²) in [6.45, 7) is 7.12. The Hall–Kier alpha value is -1.10. The van der Waals surface area contributed by atoms with Crippen molar-refractivity contribution >= 4 is 11.8 Å². The van der Waals surface area contributed by atoms with E-state index in [1.807, 2.05) is 13.8 Å². The molecule has 0 radical (unpaired) electrons. The number of carbonyl (C=O) groups is 2. The molecule has 5 heteroatoms. The second-order valence-electron chi connectivity index (χ2n) is 6.28. The molecule has 0 aromatic rings. The van der Waals surface area contributed by atoms with Crippen LogP contribution in [0.15, 0.2) is 0 Å². The maximum Gasteiger partial charge on any atom is 0.223 e. The van der Waals surface area contributed by atoms with Gasteiger partial charge in [0.05, 0.1) is 0 Å². The van der Waals surface area contributed by atoms with Crippen molar-refractivity contribution in [2.24, 2.45) is 17.3 Å². The molecule has 5 nitrogen and oxygen atoms in total. The summed E-state index contributed by atoms with van der Waals surface area (Å²) in [5.41, 5.74) is -0.100. The molecule has 1 aliphatic rings. The van der Waals surface area contributed by atoms with Gasteiger partial charge in [0.1, 0.15) is 0 Å². The molecule has 2 amide bonds. The van der Waals surface area contributed by atoms with Gasteiger partial charge in [-0.05, 0) is 24.2 Å². The normalized spacial score (nSPS) is 21.9. The first-order chi connectivity index (χ1) is 8.85. The van der Waals surface area contributed by atoms with Crippen molar-refractivity contribution in [1.82, 2.24) is 10.6 Å². The molecule has 1 fully saturated rings. The van der Waals surface area contributed by atoms with Crippen molar-refractivity contribution < 1.29 is 14.7 Å². The smallest absolute Gasteiger partial charge is 0.223 e. The highest BCUT2D eigenvalue weighted by atomic mass is 16.3. The van der Waals surface area contributed by atoms with Crippen LogP contribution in [-0.2, 0) is 9.59 Å². The SMILES string of the molecule is CC1CC1C(=O)NCCC(=O)NCC(C)(C)CCO. The third-order valence-corrected chi connectivity index (χ3v) is 3.65. The molecular weight excluding hydrogens is 244 g/mol. The number of rotatable bonds is 8. The molecule has 0 aromatic heterocycles. The summed E-state index contributed by atoms with van der Waals surface area (Å²) < 4.78 is 0. The van der Waals surface area contributed by atoms with E-state index in [4.69, 9.17) is 5.11 Å². The molecular formula is C14H26N2O3. The number of aliphatic hydroxyl groups excluding tert-OH is 1. The third-order valence-electron chi connectivity index (χ3n) is 3.65. The fraction of sp³-hybridized carbons (Fsp3) is 0.857. The summed E-state index contributed by atoms with van der Waals surface area (Å²) in [5, 5.41) is 14.5. The lowest BCUT2D eigenvalue weighted by molar-refractivity contribution is -0.123. The van der Waals surface area contributed by atoms with Crippen molar-refractivity contribution in [3.05, 3.63) is 0 Å². The molecule has 0 aromatic carbocycles. The second kappa shape index (κ2) is 6.89. The van der Waals surface area contributed by atoms with Crippen LogP contribution in [0.5, 0.6) is 0 Å². The number of aliphatic hydroxyl groups is 1. The fourth-order valence-corrected chi connectivity index (χ4v) is 1.94. The Morgan fingerprint density at radius 2 is 1.95 bits per heavy atom. The van der Waals surface area contributed by atoms with Crippen LogP contribution in [0.3, 0.4) is 0 Å². The van der Waals surface area contributed by atoms with Gasteiger partial charge in [-0.1, -0.05) is 20.8 Å². The van der Waals surface area contributed by atoms with Crippen molar-refractivity contribution in [1.29, 1.82) is 0 Å². The molecule has 2 unspecified atom stereocenters. The minimum Gasteiger partial charge on any atom is -0.396 e. The summed E-state index contributed by atoms with van der Waals surface area (Å²) in [7, 11) is 0. The summed E-state index contributed by atoms with van der Waals surface area (Å²) in [5.74, 6) is 0.663. The highest BCUT2D eigenvalue weighted by Crippen LogP contribution is 2.37. The summed E-state index contributed by atoms with van der Waals surface area (Å²) in [6.07, 6.45) is 1.93. The molecule has 0 spiro atoms. The Labute approximate surface area is 115 Å². The van der Waals surface area contributed by atoms with E-state index in [0.29, 0.717) is 31.8 Å². The third kappa shape index (κ3) is 6.05. The average molecular weight is 270 g/mol. The summed E-state index contributed by atoms with van der Waals surface area (Å²) >= 11 is 0. The van der Waals surface area contributed by atoms with Crippen LogP contribution in [-0.4, -0.2) is 36.6 Å². The Morgan fingerprint density at radius 1 is 1.32 bits per heavy atom. The maximum absolute atomic E-state index is 11.6.